The van der Waals surface area contributed by atoms with Gasteiger partial charge in [0.2, 0.25) is 0 Å². The zero-order valence-corrected chi connectivity index (χ0v) is 15.1. The summed E-state index contributed by atoms with van der Waals surface area (Å²) in [5.41, 5.74) is 0.598. The maximum Gasteiger partial charge on any atom is 0.411 e. The summed E-state index contributed by atoms with van der Waals surface area (Å²) >= 11 is 5.73. The Labute approximate surface area is 156 Å². The van der Waals surface area contributed by atoms with Crippen LogP contribution in [0.25, 0.3) is 0 Å². The number of halogens is 2. The predicted octanol–water partition coefficient (Wildman–Crippen LogP) is 4.65. The van der Waals surface area contributed by atoms with Gasteiger partial charge in [0, 0.05) is 16.6 Å². The summed E-state index contributed by atoms with van der Waals surface area (Å²) in [6.45, 7) is 3.25. The van der Waals surface area contributed by atoms with E-state index in [9.17, 15) is 19.1 Å². The van der Waals surface area contributed by atoms with Gasteiger partial charge in [-0.3, -0.25) is 4.90 Å². The SMILES string of the molecule is CC(C)N(C(=O)OCc1ccccc1)C(C(=O)O)c1ccc(Cl)cc1F. The van der Waals surface area contributed by atoms with Gasteiger partial charge in [0.25, 0.3) is 0 Å². The van der Waals surface area contributed by atoms with Crippen LogP contribution in [-0.4, -0.2) is 28.1 Å². The molecule has 0 spiro atoms. The minimum Gasteiger partial charge on any atom is -0.479 e. The number of amides is 1. The van der Waals surface area contributed by atoms with E-state index in [1.54, 1.807) is 38.1 Å². The number of rotatable bonds is 6. The monoisotopic (exact) mass is 379 g/mol. The Morgan fingerprint density at radius 1 is 1.19 bits per heavy atom. The van der Waals surface area contributed by atoms with Crippen molar-refractivity contribution < 1.29 is 23.8 Å². The fraction of sp³-hybridized carbons (Fsp3) is 0.263. The van der Waals surface area contributed by atoms with Crippen molar-refractivity contribution in [2.75, 3.05) is 0 Å². The van der Waals surface area contributed by atoms with E-state index < -0.39 is 30.0 Å². The number of benzene rings is 2. The fourth-order valence-electron chi connectivity index (χ4n) is 2.53. The van der Waals surface area contributed by atoms with E-state index >= 15 is 0 Å². The molecule has 0 saturated carbocycles. The number of aliphatic carboxylic acids is 1. The smallest absolute Gasteiger partial charge is 0.411 e. The van der Waals surface area contributed by atoms with Crippen LogP contribution in [0.5, 0.6) is 0 Å². The standard InChI is InChI=1S/C19H19ClFNO4/c1-12(2)22(19(25)26-11-13-6-4-3-5-7-13)17(18(23)24)15-9-8-14(20)10-16(15)21/h3-10,12,17H,11H2,1-2H3,(H,23,24). The Kier molecular flexibility index (Phi) is 6.58. The number of hydrogen-bond donors (Lipinski definition) is 1. The van der Waals surface area contributed by atoms with E-state index in [2.05, 4.69) is 0 Å². The Morgan fingerprint density at radius 2 is 1.85 bits per heavy atom. The van der Waals surface area contributed by atoms with Gasteiger partial charge < -0.3 is 9.84 Å². The molecule has 0 aliphatic carbocycles. The lowest BCUT2D eigenvalue weighted by atomic mass is 10.0. The molecule has 0 bridgehead atoms. The molecule has 1 amide bonds. The molecule has 2 aromatic rings. The molecule has 0 aliphatic heterocycles. The van der Waals surface area contributed by atoms with Crippen LogP contribution in [0.3, 0.4) is 0 Å². The molecule has 0 fully saturated rings. The molecule has 138 valence electrons. The third-order valence-corrected chi connectivity index (χ3v) is 3.98. The summed E-state index contributed by atoms with van der Waals surface area (Å²) < 4.78 is 19.5. The first kappa shape index (κ1) is 19.7. The van der Waals surface area contributed by atoms with Crippen LogP contribution in [-0.2, 0) is 16.1 Å². The van der Waals surface area contributed by atoms with Crippen LogP contribution in [0.1, 0.15) is 31.0 Å². The van der Waals surface area contributed by atoms with Crippen molar-refractivity contribution in [3.8, 4) is 0 Å². The van der Waals surface area contributed by atoms with Crippen molar-refractivity contribution in [3.05, 3.63) is 70.5 Å². The summed E-state index contributed by atoms with van der Waals surface area (Å²) in [5, 5.41) is 9.76. The Bertz CT molecular complexity index is 782. The molecular formula is C19H19ClFNO4. The van der Waals surface area contributed by atoms with Crippen molar-refractivity contribution in [1.82, 2.24) is 4.90 Å². The number of carbonyl (C=O) groups is 2. The van der Waals surface area contributed by atoms with Crippen LogP contribution in [0.4, 0.5) is 9.18 Å². The maximum atomic E-state index is 14.3. The van der Waals surface area contributed by atoms with Gasteiger partial charge in [-0.15, -0.1) is 0 Å². The van der Waals surface area contributed by atoms with Crippen molar-refractivity contribution in [2.24, 2.45) is 0 Å². The molecule has 2 aromatic carbocycles. The zero-order valence-electron chi connectivity index (χ0n) is 14.4. The van der Waals surface area contributed by atoms with E-state index in [0.717, 1.165) is 16.5 Å². The lowest BCUT2D eigenvalue weighted by Gasteiger charge is -2.32. The highest BCUT2D eigenvalue weighted by molar-refractivity contribution is 6.30. The highest BCUT2D eigenvalue weighted by Gasteiger charge is 2.36. The molecule has 0 aliphatic rings. The number of nitrogens with zero attached hydrogens (tertiary/aromatic N) is 1. The van der Waals surface area contributed by atoms with Crippen LogP contribution >= 0.6 is 11.6 Å². The van der Waals surface area contributed by atoms with Gasteiger partial charge in [-0.25, -0.2) is 14.0 Å². The molecule has 0 saturated heterocycles. The second-order valence-corrected chi connectivity index (χ2v) is 6.38. The number of carboxylic acids is 1. The minimum absolute atomic E-state index is 0.0155. The summed E-state index contributed by atoms with van der Waals surface area (Å²) in [5.74, 6) is -2.16. The predicted molar refractivity (Wildman–Crippen MR) is 95.4 cm³/mol. The normalized spacial score (nSPS) is 11.9. The molecule has 2 rings (SSSR count). The van der Waals surface area contributed by atoms with Crippen molar-refractivity contribution in [2.45, 2.75) is 32.5 Å². The first-order chi connectivity index (χ1) is 12.3. The van der Waals surface area contributed by atoms with E-state index in [4.69, 9.17) is 16.3 Å². The van der Waals surface area contributed by atoms with Gasteiger partial charge in [-0.05, 0) is 31.5 Å². The van der Waals surface area contributed by atoms with Crippen LogP contribution < -0.4 is 0 Å². The van der Waals surface area contributed by atoms with E-state index in [1.165, 1.54) is 12.1 Å². The summed E-state index contributed by atoms with van der Waals surface area (Å²) in [6, 6.07) is 10.6. The molecule has 0 radical (unpaired) electrons. The molecule has 1 N–H and O–H groups in total. The summed E-state index contributed by atoms with van der Waals surface area (Å²) in [7, 11) is 0. The van der Waals surface area contributed by atoms with Crippen molar-refractivity contribution >= 4 is 23.7 Å². The molecule has 7 heteroatoms. The second-order valence-electron chi connectivity index (χ2n) is 5.95. The minimum atomic E-state index is -1.53. The largest absolute Gasteiger partial charge is 0.479 e. The Morgan fingerprint density at radius 3 is 2.38 bits per heavy atom. The fourth-order valence-corrected chi connectivity index (χ4v) is 2.69. The molecule has 0 aromatic heterocycles. The van der Waals surface area contributed by atoms with Crippen molar-refractivity contribution in [1.29, 1.82) is 0 Å². The quantitative estimate of drug-likeness (QED) is 0.793. The molecular weight excluding hydrogens is 361 g/mol. The number of hydrogen-bond acceptors (Lipinski definition) is 3. The van der Waals surface area contributed by atoms with Gasteiger partial charge in [-0.2, -0.15) is 0 Å². The Hall–Kier alpha value is -2.60. The third-order valence-electron chi connectivity index (χ3n) is 3.74. The summed E-state index contributed by atoms with van der Waals surface area (Å²) in [6.07, 6.45) is -0.842. The maximum absolute atomic E-state index is 14.3. The topological polar surface area (TPSA) is 66.8 Å². The van der Waals surface area contributed by atoms with Gasteiger partial charge in [0.05, 0.1) is 0 Å². The zero-order chi connectivity index (χ0) is 19.3. The van der Waals surface area contributed by atoms with Crippen LogP contribution in [0.2, 0.25) is 5.02 Å². The lowest BCUT2D eigenvalue weighted by Crippen LogP contribution is -2.44. The highest BCUT2D eigenvalue weighted by atomic mass is 35.5. The van der Waals surface area contributed by atoms with Gasteiger partial charge >= 0.3 is 12.1 Å². The molecule has 1 unspecified atom stereocenters. The molecule has 5 nitrogen and oxygen atoms in total. The Balaban J connectivity index is 2.29. The van der Waals surface area contributed by atoms with E-state index in [-0.39, 0.29) is 17.2 Å². The van der Waals surface area contributed by atoms with E-state index in [0.29, 0.717) is 0 Å². The average Bonchev–Trinajstić information content (AvgIpc) is 2.58. The molecule has 26 heavy (non-hydrogen) atoms. The average molecular weight is 380 g/mol. The molecule has 1 atom stereocenters. The number of carboxylic acid groups (broad SMARTS) is 1. The number of carbonyl (C=O) groups excluding carboxylic acids is 1. The molecule has 0 heterocycles. The summed E-state index contributed by atoms with van der Waals surface area (Å²) in [4.78, 5) is 25.4. The van der Waals surface area contributed by atoms with Crippen molar-refractivity contribution in [3.63, 3.8) is 0 Å². The first-order valence-corrected chi connectivity index (χ1v) is 8.35. The third kappa shape index (κ3) is 4.73. The van der Waals surface area contributed by atoms with Crippen LogP contribution in [0.15, 0.2) is 48.5 Å². The van der Waals surface area contributed by atoms with Gasteiger partial charge in [0.1, 0.15) is 12.4 Å². The van der Waals surface area contributed by atoms with Gasteiger partial charge in [-0.1, -0.05) is 48.0 Å². The van der Waals surface area contributed by atoms with Gasteiger partial charge in [0.15, 0.2) is 6.04 Å². The lowest BCUT2D eigenvalue weighted by molar-refractivity contribution is -0.143. The van der Waals surface area contributed by atoms with Crippen LogP contribution in [0, 0.1) is 5.82 Å². The number of ether oxygens (including phenoxy) is 1. The van der Waals surface area contributed by atoms with E-state index in [1.807, 2.05) is 6.07 Å². The second kappa shape index (κ2) is 8.67. The first-order valence-electron chi connectivity index (χ1n) is 7.98. The highest BCUT2D eigenvalue weighted by Crippen LogP contribution is 2.28.